The van der Waals surface area contributed by atoms with E-state index in [2.05, 4.69) is 0 Å². The quantitative estimate of drug-likeness (QED) is 0.327. The summed E-state index contributed by atoms with van der Waals surface area (Å²) in [4.78, 5) is 0. The van der Waals surface area contributed by atoms with E-state index in [4.69, 9.17) is 0 Å². The van der Waals surface area contributed by atoms with Gasteiger partial charge in [0.2, 0.25) is 0 Å². The number of rotatable bonds is 6. The summed E-state index contributed by atoms with van der Waals surface area (Å²) in [7, 11) is -7.93. The molecule has 0 rings (SSSR count). The fourth-order valence-corrected chi connectivity index (χ4v) is 1.47. The highest BCUT2D eigenvalue weighted by atomic mass is 32.2. The van der Waals surface area contributed by atoms with Crippen molar-refractivity contribution in [3.05, 3.63) is 0 Å². The highest BCUT2D eigenvalue weighted by Crippen LogP contribution is 2.60. The van der Waals surface area contributed by atoms with Gasteiger partial charge in [0.25, 0.3) is 0 Å². The van der Waals surface area contributed by atoms with Gasteiger partial charge in [0, 0.05) is 0 Å². The Labute approximate surface area is 136 Å². The predicted molar refractivity (Wildman–Crippen MR) is 46.8 cm³/mol. The molecule has 0 aromatic rings. The molecular weight excluding hydrogens is 468 g/mol. The normalized spacial score (nSPS) is 16.6. The van der Waals surface area contributed by atoms with Gasteiger partial charge < -0.3 is 0 Å². The monoisotopic (exact) mass is 468 g/mol. The van der Waals surface area contributed by atoms with Crippen LogP contribution < -0.4 is 0 Å². The SMILES string of the molecule is O=S(=O)(OC(F)(F)C(F)(F)C(F)(F)C(F)(F)C(F)(F)C(F)(F)F)C(F)(F)F. The molecule has 0 N–H and O–H groups in total. The summed E-state index contributed by atoms with van der Waals surface area (Å²) in [6.07, 6.45) is -15.6. The molecule has 3 nitrogen and oxygen atoms in total. The van der Waals surface area contributed by atoms with Gasteiger partial charge in [-0.2, -0.15) is 82.8 Å². The van der Waals surface area contributed by atoms with Gasteiger partial charge >= 0.3 is 51.6 Å². The van der Waals surface area contributed by atoms with Gasteiger partial charge in [-0.3, -0.25) is 0 Å². The first-order valence-corrected chi connectivity index (χ1v) is 6.59. The topological polar surface area (TPSA) is 43.4 Å². The van der Waals surface area contributed by atoms with Gasteiger partial charge in [-0.05, 0) is 0 Å². The van der Waals surface area contributed by atoms with Crippen molar-refractivity contribution in [2.24, 2.45) is 0 Å². The first kappa shape index (κ1) is 25.8. The molecule has 0 aromatic heterocycles. The second-order valence-corrected chi connectivity index (χ2v) is 5.83. The zero-order valence-corrected chi connectivity index (χ0v) is 12.0. The van der Waals surface area contributed by atoms with Crippen molar-refractivity contribution >= 4 is 10.1 Å². The van der Waals surface area contributed by atoms with E-state index in [0.29, 0.717) is 0 Å². The van der Waals surface area contributed by atoms with Crippen LogP contribution in [0.3, 0.4) is 0 Å². The second kappa shape index (κ2) is 6.14. The lowest BCUT2D eigenvalue weighted by atomic mass is 9.97. The molecule has 164 valence electrons. The third kappa shape index (κ3) is 3.73. The second-order valence-electron chi connectivity index (χ2n) is 4.30. The van der Waals surface area contributed by atoms with E-state index in [1.807, 2.05) is 0 Å². The summed E-state index contributed by atoms with van der Waals surface area (Å²) in [5.41, 5.74) is -7.03. The number of alkyl halides is 16. The lowest BCUT2D eigenvalue weighted by Crippen LogP contribution is -2.70. The minimum absolute atomic E-state index is 1.36. The van der Waals surface area contributed by atoms with Crippen LogP contribution in [-0.2, 0) is 14.3 Å². The van der Waals surface area contributed by atoms with Crippen molar-refractivity contribution in [3.63, 3.8) is 0 Å². The number of hydrogen-bond donors (Lipinski definition) is 0. The summed E-state index contributed by atoms with van der Waals surface area (Å²) in [6.45, 7) is 0. The minimum Gasteiger partial charge on any atom is -0.192 e. The number of halogens is 16. The van der Waals surface area contributed by atoms with Crippen LogP contribution in [0, 0.1) is 0 Å². The molecule has 0 atom stereocenters. The third-order valence-corrected chi connectivity index (χ3v) is 3.40. The van der Waals surface area contributed by atoms with E-state index in [-0.39, 0.29) is 0 Å². The molecule has 0 fully saturated rings. The molecule has 0 unspecified atom stereocenters. The Morgan fingerprint density at radius 2 is 0.778 bits per heavy atom. The molecule has 0 amide bonds. The first-order chi connectivity index (χ1) is 11.2. The van der Waals surface area contributed by atoms with Crippen LogP contribution in [0.2, 0.25) is 0 Å². The first-order valence-electron chi connectivity index (χ1n) is 5.18. The van der Waals surface area contributed by atoms with Gasteiger partial charge in [-0.25, -0.2) is 0 Å². The fraction of sp³-hybridized carbons (Fsp3) is 1.00. The molecule has 0 saturated carbocycles. The molecule has 20 heteroatoms. The van der Waals surface area contributed by atoms with Crippen molar-refractivity contribution in [1.29, 1.82) is 0 Å². The van der Waals surface area contributed by atoms with E-state index in [1.54, 1.807) is 0 Å². The van der Waals surface area contributed by atoms with Crippen molar-refractivity contribution in [2.75, 3.05) is 0 Å². The van der Waals surface area contributed by atoms with Gasteiger partial charge in [-0.15, -0.1) is 0 Å². The molecule has 0 aliphatic carbocycles. The molecule has 0 bridgehead atoms. The molecule has 0 aliphatic rings. The van der Waals surface area contributed by atoms with Crippen LogP contribution in [0.15, 0.2) is 0 Å². The molecule has 0 heterocycles. The van der Waals surface area contributed by atoms with E-state index in [0.717, 1.165) is 0 Å². The molecule has 0 radical (unpaired) electrons. The summed E-state index contributed by atoms with van der Waals surface area (Å²) in [6, 6.07) is 0. The summed E-state index contributed by atoms with van der Waals surface area (Å²) >= 11 is 0. The Morgan fingerprint density at radius 1 is 0.481 bits per heavy atom. The van der Waals surface area contributed by atoms with Crippen LogP contribution in [-0.4, -0.2) is 49.9 Å². The molecule has 0 aromatic carbocycles. The average Bonchev–Trinajstić information content (AvgIpc) is 2.33. The van der Waals surface area contributed by atoms with Crippen molar-refractivity contribution in [3.8, 4) is 0 Å². The van der Waals surface area contributed by atoms with Crippen LogP contribution in [0.4, 0.5) is 70.2 Å². The van der Waals surface area contributed by atoms with Crippen molar-refractivity contribution < 1.29 is 82.8 Å². The van der Waals surface area contributed by atoms with Crippen molar-refractivity contribution in [1.82, 2.24) is 0 Å². The smallest absolute Gasteiger partial charge is 0.192 e. The fourth-order valence-electron chi connectivity index (χ4n) is 0.992. The Kier molecular flexibility index (Phi) is 5.87. The molecule has 0 saturated heterocycles. The molecule has 27 heavy (non-hydrogen) atoms. The van der Waals surface area contributed by atoms with Crippen molar-refractivity contribution in [2.45, 2.75) is 41.5 Å². The lowest BCUT2D eigenvalue weighted by molar-refractivity contribution is -0.456. The third-order valence-electron chi connectivity index (χ3n) is 2.40. The van der Waals surface area contributed by atoms with E-state index >= 15 is 0 Å². The highest BCUT2D eigenvalue weighted by Gasteiger charge is 2.92. The zero-order valence-electron chi connectivity index (χ0n) is 11.2. The maximum Gasteiger partial charge on any atom is 0.523 e. The highest BCUT2D eigenvalue weighted by molar-refractivity contribution is 7.87. The summed E-state index contributed by atoms with van der Waals surface area (Å²) in [5.74, 6) is -33.3. The Balaban J connectivity index is 6.41. The average molecular weight is 468 g/mol. The predicted octanol–water partition coefficient (Wildman–Crippen LogP) is 4.55. The van der Waals surface area contributed by atoms with Crippen LogP contribution in [0.5, 0.6) is 0 Å². The van der Waals surface area contributed by atoms with E-state index < -0.39 is 51.6 Å². The largest absolute Gasteiger partial charge is 0.523 e. The van der Waals surface area contributed by atoms with Crippen LogP contribution >= 0.6 is 0 Å². The van der Waals surface area contributed by atoms with Gasteiger partial charge in [0.1, 0.15) is 0 Å². The standard InChI is InChI=1S/C7F16O3S/c8-1(9,3(12,13)5(16,17)18)2(10,11)4(14,15)6(19,20)26-27(24,25)7(21,22)23. The Hall–Kier alpha value is -1.21. The Bertz CT molecular complexity index is 654. The molecule has 0 spiro atoms. The number of hydrogen-bond acceptors (Lipinski definition) is 3. The van der Waals surface area contributed by atoms with Crippen LogP contribution in [0.25, 0.3) is 0 Å². The minimum atomic E-state index is -8.48. The van der Waals surface area contributed by atoms with Crippen LogP contribution in [0.1, 0.15) is 0 Å². The maximum absolute atomic E-state index is 12.9. The van der Waals surface area contributed by atoms with Gasteiger partial charge in [0.15, 0.2) is 0 Å². The lowest BCUT2D eigenvalue weighted by Gasteiger charge is -2.38. The molecule has 0 aliphatic heterocycles. The zero-order chi connectivity index (χ0) is 22.7. The maximum atomic E-state index is 12.9. The van der Waals surface area contributed by atoms with Gasteiger partial charge in [-0.1, -0.05) is 0 Å². The Morgan fingerprint density at radius 3 is 1.04 bits per heavy atom. The van der Waals surface area contributed by atoms with E-state index in [9.17, 15) is 78.7 Å². The molecular formula is C7F16O3S. The van der Waals surface area contributed by atoms with Gasteiger partial charge in [0.05, 0.1) is 0 Å². The summed E-state index contributed by atoms with van der Waals surface area (Å²) in [5, 5.41) is 0. The summed E-state index contributed by atoms with van der Waals surface area (Å²) < 4.78 is 219. The van der Waals surface area contributed by atoms with E-state index in [1.165, 1.54) is 4.18 Å².